The Bertz CT molecular complexity index is 857. The van der Waals surface area contributed by atoms with Gasteiger partial charge in [-0.3, -0.25) is 10.1 Å². The van der Waals surface area contributed by atoms with Gasteiger partial charge in [0.1, 0.15) is 0 Å². The van der Waals surface area contributed by atoms with E-state index < -0.39 is 0 Å². The van der Waals surface area contributed by atoms with Gasteiger partial charge in [-0.1, -0.05) is 42.4 Å². The van der Waals surface area contributed by atoms with Crippen LogP contribution >= 0.6 is 11.3 Å². The monoisotopic (exact) mass is 384 g/mol. The van der Waals surface area contributed by atoms with Crippen LogP contribution in [-0.2, 0) is 13.0 Å². The number of carbonyl (C=O) groups excluding carboxylic acids is 2. The number of aryl methyl sites for hydroxylation is 1. The van der Waals surface area contributed by atoms with E-state index in [0.717, 1.165) is 41.0 Å². The predicted octanol–water partition coefficient (Wildman–Crippen LogP) is 3.71. The van der Waals surface area contributed by atoms with E-state index in [9.17, 15) is 9.59 Å². The molecule has 1 aromatic carbocycles. The second-order valence-electron chi connectivity index (χ2n) is 7.26. The molecule has 2 aromatic rings. The highest BCUT2D eigenvalue weighted by atomic mass is 32.1. The number of nitrogens with one attached hydrogen (secondary N) is 2. The number of aromatic nitrogens is 1. The minimum atomic E-state index is -0.180. The van der Waals surface area contributed by atoms with Crippen LogP contribution < -0.4 is 10.6 Å². The van der Waals surface area contributed by atoms with Crippen molar-refractivity contribution in [3.63, 3.8) is 0 Å². The number of thiazole rings is 1. The van der Waals surface area contributed by atoms with Crippen LogP contribution in [0.15, 0.2) is 24.3 Å². The third-order valence-corrected chi connectivity index (χ3v) is 6.30. The molecule has 0 unspecified atom stereocenters. The Morgan fingerprint density at radius 3 is 2.78 bits per heavy atom. The van der Waals surface area contributed by atoms with Crippen molar-refractivity contribution in [2.45, 2.75) is 51.6 Å². The summed E-state index contributed by atoms with van der Waals surface area (Å²) < 4.78 is 0. The van der Waals surface area contributed by atoms with Gasteiger partial charge in [0.05, 0.1) is 12.2 Å². The molecule has 2 aliphatic rings. The summed E-state index contributed by atoms with van der Waals surface area (Å²) in [5.41, 5.74) is 2.73. The standard InChI is InChI=1S/C20H24N4O2S/c1-13-6-2-5-9-15(13)18(25)24-11-10-16-17(12-24)27-20(22-16)23-19(26)21-14-7-3-4-8-14/h2,5-6,9,14H,3-4,7-8,10-12H2,1H3,(H2,21,22,23,26). The average Bonchev–Trinajstić information content (AvgIpc) is 3.29. The molecule has 1 saturated carbocycles. The number of hydrogen-bond acceptors (Lipinski definition) is 4. The van der Waals surface area contributed by atoms with Gasteiger partial charge in [0, 0.05) is 29.4 Å². The van der Waals surface area contributed by atoms with Crippen LogP contribution in [0.4, 0.5) is 9.93 Å². The number of anilines is 1. The first kappa shape index (κ1) is 18.0. The number of benzene rings is 1. The minimum absolute atomic E-state index is 0.0561. The fourth-order valence-corrected chi connectivity index (χ4v) is 4.81. The summed E-state index contributed by atoms with van der Waals surface area (Å²) in [5.74, 6) is 0.0561. The van der Waals surface area contributed by atoms with Crippen LogP contribution in [0.5, 0.6) is 0 Å². The summed E-state index contributed by atoms with van der Waals surface area (Å²) in [7, 11) is 0. The van der Waals surface area contributed by atoms with Crippen LogP contribution in [0, 0.1) is 6.92 Å². The quantitative estimate of drug-likeness (QED) is 0.847. The first-order valence-corrected chi connectivity index (χ1v) is 10.3. The topological polar surface area (TPSA) is 74.3 Å². The molecule has 0 atom stereocenters. The lowest BCUT2D eigenvalue weighted by atomic mass is 10.1. The van der Waals surface area contributed by atoms with Crippen molar-refractivity contribution < 1.29 is 9.59 Å². The first-order chi connectivity index (χ1) is 13.1. The lowest BCUT2D eigenvalue weighted by Gasteiger charge is -2.26. The molecule has 2 heterocycles. The van der Waals surface area contributed by atoms with Crippen molar-refractivity contribution >= 4 is 28.4 Å². The van der Waals surface area contributed by atoms with E-state index in [4.69, 9.17) is 0 Å². The summed E-state index contributed by atoms with van der Waals surface area (Å²) in [5, 5.41) is 6.49. The van der Waals surface area contributed by atoms with Gasteiger partial charge >= 0.3 is 6.03 Å². The summed E-state index contributed by atoms with van der Waals surface area (Å²) in [6.45, 7) is 3.16. The van der Waals surface area contributed by atoms with E-state index in [1.54, 1.807) is 0 Å². The first-order valence-electron chi connectivity index (χ1n) is 9.51. The molecule has 1 aromatic heterocycles. The second kappa shape index (κ2) is 7.68. The van der Waals surface area contributed by atoms with E-state index in [0.29, 0.717) is 18.2 Å². The van der Waals surface area contributed by atoms with Gasteiger partial charge in [-0.15, -0.1) is 0 Å². The predicted molar refractivity (Wildman–Crippen MR) is 106 cm³/mol. The molecule has 1 aliphatic heterocycles. The molecule has 4 rings (SSSR count). The highest BCUT2D eigenvalue weighted by molar-refractivity contribution is 7.15. The Labute approximate surface area is 163 Å². The Balaban J connectivity index is 1.40. The number of nitrogens with zero attached hydrogens (tertiary/aromatic N) is 2. The van der Waals surface area contributed by atoms with E-state index >= 15 is 0 Å². The maximum atomic E-state index is 12.8. The Hall–Kier alpha value is -2.41. The van der Waals surface area contributed by atoms with Gasteiger partial charge in [-0.2, -0.15) is 0 Å². The molecule has 3 amide bonds. The minimum Gasteiger partial charge on any atom is -0.335 e. The van der Waals surface area contributed by atoms with Gasteiger partial charge < -0.3 is 10.2 Å². The van der Waals surface area contributed by atoms with Crippen molar-refractivity contribution in [1.29, 1.82) is 0 Å². The fraction of sp³-hybridized carbons (Fsp3) is 0.450. The third-order valence-electron chi connectivity index (χ3n) is 5.30. The zero-order valence-corrected chi connectivity index (χ0v) is 16.3. The fourth-order valence-electron chi connectivity index (χ4n) is 3.79. The highest BCUT2D eigenvalue weighted by Gasteiger charge is 2.26. The highest BCUT2D eigenvalue weighted by Crippen LogP contribution is 2.29. The summed E-state index contributed by atoms with van der Waals surface area (Å²) in [6, 6.07) is 7.77. The Morgan fingerprint density at radius 1 is 1.22 bits per heavy atom. The second-order valence-corrected chi connectivity index (χ2v) is 8.34. The molecule has 0 saturated heterocycles. The Kier molecular flexibility index (Phi) is 5.11. The Morgan fingerprint density at radius 2 is 2.00 bits per heavy atom. The number of urea groups is 1. The summed E-state index contributed by atoms with van der Waals surface area (Å²) >= 11 is 1.47. The van der Waals surface area contributed by atoms with Crippen LogP contribution in [-0.4, -0.2) is 34.4 Å². The summed E-state index contributed by atoms with van der Waals surface area (Å²) in [4.78, 5) is 32.5. The van der Waals surface area contributed by atoms with Gasteiger partial charge in [0.15, 0.2) is 5.13 Å². The molecule has 1 fully saturated rings. The van der Waals surface area contributed by atoms with Gasteiger partial charge in [-0.05, 0) is 31.4 Å². The van der Waals surface area contributed by atoms with E-state index in [-0.39, 0.29) is 18.0 Å². The van der Waals surface area contributed by atoms with Gasteiger partial charge in [0.25, 0.3) is 5.91 Å². The van der Waals surface area contributed by atoms with E-state index in [1.807, 2.05) is 36.1 Å². The molecular formula is C20H24N4O2S. The SMILES string of the molecule is Cc1ccccc1C(=O)N1CCc2nc(NC(=O)NC3CCCC3)sc2C1. The van der Waals surface area contributed by atoms with E-state index in [2.05, 4.69) is 15.6 Å². The molecule has 0 spiro atoms. The van der Waals surface area contributed by atoms with Crippen molar-refractivity contribution in [3.8, 4) is 0 Å². The number of amides is 3. The molecule has 1 aliphatic carbocycles. The largest absolute Gasteiger partial charge is 0.335 e. The number of rotatable bonds is 3. The number of carbonyl (C=O) groups is 2. The normalized spacial score (nSPS) is 16.9. The number of fused-ring (bicyclic) bond motifs is 1. The van der Waals surface area contributed by atoms with Crippen molar-refractivity contribution in [2.75, 3.05) is 11.9 Å². The molecule has 142 valence electrons. The smallest absolute Gasteiger partial charge is 0.321 e. The van der Waals surface area contributed by atoms with Gasteiger partial charge in [0.2, 0.25) is 0 Å². The molecule has 2 N–H and O–H groups in total. The lowest BCUT2D eigenvalue weighted by Crippen LogP contribution is -2.36. The molecule has 6 nitrogen and oxygen atoms in total. The maximum absolute atomic E-state index is 12.8. The van der Waals surface area contributed by atoms with Crippen molar-refractivity contribution in [2.24, 2.45) is 0 Å². The lowest BCUT2D eigenvalue weighted by molar-refractivity contribution is 0.0735. The zero-order chi connectivity index (χ0) is 18.8. The third kappa shape index (κ3) is 3.98. The average molecular weight is 385 g/mol. The zero-order valence-electron chi connectivity index (χ0n) is 15.5. The van der Waals surface area contributed by atoms with Gasteiger partial charge in [-0.25, -0.2) is 9.78 Å². The summed E-state index contributed by atoms with van der Waals surface area (Å²) in [6.07, 6.45) is 5.19. The van der Waals surface area contributed by atoms with Crippen LogP contribution in [0.1, 0.15) is 52.2 Å². The van der Waals surface area contributed by atoms with Crippen LogP contribution in [0.25, 0.3) is 0 Å². The maximum Gasteiger partial charge on any atom is 0.321 e. The number of hydrogen-bond donors (Lipinski definition) is 2. The van der Waals surface area contributed by atoms with Crippen LogP contribution in [0.3, 0.4) is 0 Å². The van der Waals surface area contributed by atoms with Crippen molar-refractivity contribution in [3.05, 3.63) is 46.0 Å². The van der Waals surface area contributed by atoms with E-state index in [1.165, 1.54) is 24.2 Å². The molecule has 27 heavy (non-hydrogen) atoms. The molecular weight excluding hydrogens is 360 g/mol. The molecule has 7 heteroatoms. The van der Waals surface area contributed by atoms with Crippen LogP contribution in [0.2, 0.25) is 0 Å². The molecule has 0 radical (unpaired) electrons. The van der Waals surface area contributed by atoms with Crippen molar-refractivity contribution in [1.82, 2.24) is 15.2 Å². The molecule has 0 bridgehead atoms.